The maximum absolute atomic E-state index is 13.0. The molecule has 0 aromatic heterocycles. The van der Waals surface area contributed by atoms with E-state index in [0.29, 0.717) is 12.2 Å². The number of benzene rings is 1. The summed E-state index contributed by atoms with van der Waals surface area (Å²) < 4.78 is 0. The van der Waals surface area contributed by atoms with Crippen LogP contribution in [0.2, 0.25) is 5.02 Å². The van der Waals surface area contributed by atoms with Crippen molar-refractivity contribution < 1.29 is 4.79 Å². The van der Waals surface area contributed by atoms with Gasteiger partial charge in [-0.05, 0) is 36.6 Å². The van der Waals surface area contributed by atoms with E-state index in [1.54, 1.807) is 0 Å². The third-order valence-corrected chi connectivity index (χ3v) is 6.13. The predicted molar refractivity (Wildman–Crippen MR) is 92.4 cm³/mol. The van der Waals surface area contributed by atoms with E-state index in [1.165, 1.54) is 4.90 Å². The van der Waals surface area contributed by atoms with Crippen LogP contribution in [0.25, 0.3) is 0 Å². The second-order valence-corrected chi connectivity index (χ2v) is 7.58. The first-order valence-electron chi connectivity index (χ1n) is 8.06. The lowest BCUT2D eigenvalue weighted by molar-refractivity contribution is -0.127. The Balaban J connectivity index is 2.25. The molecule has 1 heterocycles. The summed E-state index contributed by atoms with van der Waals surface area (Å²) in [5.41, 5.74) is 0.995. The van der Waals surface area contributed by atoms with Crippen molar-refractivity contribution >= 4 is 29.1 Å². The molecule has 1 nitrogen and oxygen atoms in total. The Morgan fingerprint density at radius 3 is 2.48 bits per heavy atom. The normalized spacial score (nSPS) is 17.4. The van der Waals surface area contributed by atoms with Crippen LogP contribution in [-0.2, 0) is 11.2 Å². The fourth-order valence-electron chi connectivity index (χ4n) is 3.06. The van der Waals surface area contributed by atoms with E-state index < -0.39 is 0 Å². The van der Waals surface area contributed by atoms with Gasteiger partial charge in [-0.2, -0.15) is 0 Å². The van der Waals surface area contributed by atoms with Gasteiger partial charge in [0.05, 0.1) is 0 Å². The highest BCUT2D eigenvalue weighted by Gasteiger charge is 2.38. The van der Waals surface area contributed by atoms with Gasteiger partial charge in [0.25, 0.3) is 0 Å². The van der Waals surface area contributed by atoms with Gasteiger partial charge in [-0.15, -0.1) is 11.8 Å². The molecule has 116 valence electrons. The fourth-order valence-corrected chi connectivity index (χ4v) is 4.62. The van der Waals surface area contributed by atoms with Crippen LogP contribution in [0, 0.1) is 5.41 Å². The summed E-state index contributed by atoms with van der Waals surface area (Å²) in [7, 11) is 0. The van der Waals surface area contributed by atoms with Crippen molar-refractivity contribution in [1.29, 1.82) is 0 Å². The van der Waals surface area contributed by atoms with Gasteiger partial charge in [-0.25, -0.2) is 0 Å². The standard InChI is InChI=1S/C18H25ClOS/c1-3-5-9-18(10-6-4-2)13-21-16-8-7-15(19)11-14(16)12-17(18)20/h7-8,11H,3-6,9-10,12-13H2,1-2H3. The zero-order chi connectivity index (χ0) is 15.3. The Morgan fingerprint density at radius 2 is 1.86 bits per heavy atom. The topological polar surface area (TPSA) is 17.1 Å². The highest BCUT2D eigenvalue weighted by molar-refractivity contribution is 7.99. The minimum absolute atomic E-state index is 0.123. The predicted octanol–water partition coefficient (Wildman–Crippen LogP) is 5.92. The average Bonchev–Trinajstić information content (AvgIpc) is 2.60. The average molecular weight is 325 g/mol. The number of carbonyl (C=O) groups excluding carboxylic acids is 1. The lowest BCUT2D eigenvalue weighted by atomic mass is 9.74. The molecule has 2 rings (SSSR count). The molecule has 0 radical (unpaired) electrons. The summed E-state index contributed by atoms with van der Waals surface area (Å²) in [6, 6.07) is 5.98. The van der Waals surface area contributed by atoms with Gasteiger partial charge in [-0.3, -0.25) is 4.79 Å². The quantitative estimate of drug-likeness (QED) is 0.645. The molecule has 0 amide bonds. The molecule has 0 atom stereocenters. The van der Waals surface area contributed by atoms with Crippen molar-refractivity contribution in [2.75, 3.05) is 5.75 Å². The van der Waals surface area contributed by atoms with Gasteiger partial charge in [0.1, 0.15) is 5.78 Å². The molecule has 0 bridgehead atoms. The molecule has 1 aliphatic rings. The highest BCUT2D eigenvalue weighted by atomic mass is 35.5. The number of ketones is 1. The minimum Gasteiger partial charge on any atom is -0.299 e. The molecule has 0 saturated carbocycles. The van der Waals surface area contributed by atoms with E-state index in [9.17, 15) is 4.79 Å². The van der Waals surface area contributed by atoms with E-state index in [0.717, 1.165) is 54.9 Å². The Labute approximate surface area is 137 Å². The molecule has 3 heteroatoms. The lowest BCUT2D eigenvalue weighted by Crippen LogP contribution is -2.34. The first-order chi connectivity index (χ1) is 10.1. The van der Waals surface area contributed by atoms with Gasteiger partial charge in [-0.1, -0.05) is 51.1 Å². The van der Waals surface area contributed by atoms with E-state index in [-0.39, 0.29) is 5.41 Å². The van der Waals surface area contributed by atoms with Crippen LogP contribution < -0.4 is 0 Å². The molecule has 21 heavy (non-hydrogen) atoms. The molecule has 0 N–H and O–H groups in total. The maximum atomic E-state index is 13.0. The third-order valence-electron chi connectivity index (χ3n) is 4.49. The van der Waals surface area contributed by atoms with Crippen molar-refractivity contribution in [2.45, 2.75) is 63.7 Å². The van der Waals surface area contributed by atoms with Crippen molar-refractivity contribution in [3.63, 3.8) is 0 Å². The number of fused-ring (bicyclic) bond motifs is 1. The first kappa shape index (κ1) is 16.9. The summed E-state index contributed by atoms with van der Waals surface area (Å²) in [4.78, 5) is 14.2. The van der Waals surface area contributed by atoms with E-state index in [2.05, 4.69) is 19.9 Å². The smallest absolute Gasteiger partial charge is 0.144 e. The molecule has 1 aliphatic heterocycles. The van der Waals surface area contributed by atoms with E-state index in [1.807, 2.05) is 23.9 Å². The summed E-state index contributed by atoms with van der Waals surface area (Å²) in [6.45, 7) is 4.41. The van der Waals surface area contributed by atoms with Crippen LogP contribution in [-0.4, -0.2) is 11.5 Å². The Hall–Kier alpha value is -0.470. The SMILES string of the molecule is CCCCC1(CCCC)CSc2ccc(Cl)cc2CC1=O. The lowest BCUT2D eigenvalue weighted by Gasteiger charge is -2.31. The van der Waals surface area contributed by atoms with Crippen molar-refractivity contribution in [3.05, 3.63) is 28.8 Å². The summed E-state index contributed by atoms with van der Waals surface area (Å²) in [5, 5.41) is 0.733. The largest absolute Gasteiger partial charge is 0.299 e. The first-order valence-corrected chi connectivity index (χ1v) is 9.42. The van der Waals surface area contributed by atoms with Gasteiger partial charge in [0.15, 0.2) is 0 Å². The number of halogens is 1. The van der Waals surface area contributed by atoms with Crippen LogP contribution in [0.3, 0.4) is 0 Å². The molecular weight excluding hydrogens is 300 g/mol. The molecule has 0 unspecified atom stereocenters. The van der Waals surface area contributed by atoms with E-state index >= 15 is 0 Å². The number of carbonyl (C=O) groups is 1. The van der Waals surface area contributed by atoms with Crippen LogP contribution >= 0.6 is 23.4 Å². The third kappa shape index (κ3) is 4.04. The molecule has 0 fully saturated rings. The zero-order valence-corrected chi connectivity index (χ0v) is 14.7. The molecular formula is C18H25ClOS. The molecule has 0 spiro atoms. The van der Waals surface area contributed by atoms with Crippen molar-refractivity contribution in [2.24, 2.45) is 5.41 Å². The van der Waals surface area contributed by atoms with Crippen LogP contribution in [0.5, 0.6) is 0 Å². The second-order valence-electron chi connectivity index (χ2n) is 6.13. The second kappa shape index (κ2) is 7.69. The molecule has 0 aliphatic carbocycles. The van der Waals surface area contributed by atoms with E-state index in [4.69, 9.17) is 11.6 Å². The molecule has 0 saturated heterocycles. The minimum atomic E-state index is -0.123. The fraction of sp³-hybridized carbons (Fsp3) is 0.611. The number of hydrogen-bond acceptors (Lipinski definition) is 2. The van der Waals surface area contributed by atoms with Gasteiger partial charge in [0.2, 0.25) is 0 Å². The Bertz CT molecular complexity index is 490. The van der Waals surface area contributed by atoms with Crippen molar-refractivity contribution in [3.8, 4) is 0 Å². The monoisotopic (exact) mass is 324 g/mol. The van der Waals surface area contributed by atoms with Crippen LogP contribution in [0.4, 0.5) is 0 Å². The van der Waals surface area contributed by atoms with Crippen LogP contribution in [0.1, 0.15) is 57.9 Å². The number of unbranched alkanes of at least 4 members (excludes halogenated alkanes) is 2. The van der Waals surface area contributed by atoms with Crippen LogP contribution in [0.15, 0.2) is 23.1 Å². The Morgan fingerprint density at radius 1 is 1.19 bits per heavy atom. The number of Topliss-reactive ketones (excluding diaryl/α,β-unsaturated/α-hetero) is 1. The molecule has 1 aromatic rings. The number of hydrogen-bond donors (Lipinski definition) is 0. The zero-order valence-electron chi connectivity index (χ0n) is 13.1. The molecule has 1 aromatic carbocycles. The van der Waals surface area contributed by atoms with Crippen molar-refractivity contribution in [1.82, 2.24) is 0 Å². The van der Waals surface area contributed by atoms with Gasteiger partial charge in [0, 0.05) is 27.5 Å². The summed E-state index contributed by atoms with van der Waals surface area (Å²) in [5.74, 6) is 1.36. The maximum Gasteiger partial charge on any atom is 0.144 e. The van der Waals surface area contributed by atoms with Gasteiger partial charge < -0.3 is 0 Å². The number of thioether (sulfide) groups is 1. The highest BCUT2D eigenvalue weighted by Crippen LogP contribution is 2.43. The Kier molecular flexibility index (Phi) is 6.19. The van der Waals surface area contributed by atoms with Gasteiger partial charge >= 0.3 is 0 Å². The number of rotatable bonds is 6. The summed E-state index contributed by atoms with van der Waals surface area (Å²) in [6.07, 6.45) is 7.24. The summed E-state index contributed by atoms with van der Waals surface area (Å²) >= 11 is 7.95.